The van der Waals surface area contributed by atoms with E-state index in [-0.39, 0.29) is 6.10 Å². The molecule has 1 fully saturated rings. The van der Waals surface area contributed by atoms with Crippen LogP contribution in [-0.2, 0) is 6.54 Å². The molecule has 0 saturated heterocycles. The molecule has 0 radical (unpaired) electrons. The maximum atomic E-state index is 9.39. The zero-order chi connectivity index (χ0) is 11.2. The molecule has 0 atom stereocenters. The van der Waals surface area contributed by atoms with Crippen molar-refractivity contribution in [2.24, 2.45) is 0 Å². The maximum Gasteiger partial charge on any atom is 0.0945 e. The average molecular weight is 223 g/mol. The number of aliphatic hydroxyl groups is 1. The lowest BCUT2D eigenvalue weighted by molar-refractivity contribution is 0.116. The van der Waals surface area contributed by atoms with Gasteiger partial charge in [0.15, 0.2) is 0 Å². The molecule has 1 aliphatic rings. The Kier molecular flexibility index (Phi) is 4.36. The second-order valence-electron chi connectivity index (χ2n) is 4.61. The Bertz CT molecular complexity index is 278. The van der Waals surface area contributed by atoms with Gasteiger partial charge < -0.3 is 15.0 Å². The molecule has 0 bridgehead atoms. The van der Waals surface area contributed by atoms with Gasteiger partial charge in [0.1, 0.15) is 0 Å². The quantitative estimate of drug-likeness (QED) is 0.737. The predicted molar refractivity (Wildman–Crippen MR) is 63.1 cm³/mol. The third-order valence-electron chi connectivity index (χ3n) is 3.28. The van der Waals surface area contributed by atoms with Crippen molar-refractivity contribution in [3.8, 4) is 0 Å². The van der Waals surface area contributed by atoms with E-state index in [9.17, 15) is 5.11 Å². The topological polar surface area (TPSA) is 50.1 Å². The highest BCUT2D eigenvalue weighted by molar-refractivity contribution is 4.77. The smallest absolute Gasteiger partial charge is 0.0945 e. The third-order valence-corrected chi connectivity index (χ3v) is 3.28. The van der Waals surface area contributed by atoms with Crippen molar-refractivity contribution in [3.63, 3.8) is 0 Å². The normalized spacial score (nSPS) is 25.8. The summed E-state index contributed by atoms with van der Waals surface area (Å²) in [7, 11) is 0. The van der Waals surface area contributed by atoms with Gasteiger partial charge in [-0.1, -0.05) is 0 Å². The molecule has 1 aromatic heterocycles. The maximum absolute atomic E-state index is 9.39. The Hall–Kier alpha value is -0.870. The SMILES string of the molecule is OC1CCC(NCCCn2ccnc2)CC1. The van der Waals surface area contributed by atoms with Gasteiger partial charge in [0, 0.05) is 25.0 Å². The second-order valence-corrected chi connectivity index (χ2v) is 4.61. The molecule has 0 aromatic carbocycles. The highest BCUT2D eigenvalue weighted by Crippen LogP contribution is 2.18. The Labute approximate surface area is 96.7 Å². The summed E-state index contributed by atoms with van der Waals surface area (Å²) in [5.41, 5.74) is 0. The van der Waals surface area contributed by atoms with E-state index in [1.165, 1.54) is 0 Å². The fraction of sp³-hybridized carbons (Fsp3) is 0.750. The minimum absolute atomic E-state index is 0.0519. The van der Waals surface area contributed by atoms with E-state index in [1.807, 2.05) is 18.7 Å². The lowest BCUT2D eigenvalue weighted by Crippen LogP contribution is -2.35. The molecule has 1 saturated carbocycles. The number of rotatable bonds is 5. The first-order valence-electron chi connectivity index (χ1n) is 6.22. The number of aryl methyl sites for hydroxylation is 1. The fourth-order valence-electron chi connectivity index (χ4n) is 2.27. The summed E-state index contributed by atoms with van der Waals surface area (Å²) in [6.45, 7) is 2.08. The first-order chi connectivity index (χ1) is 7.84. The number of hydrogen-bond acceptors (Lipinski definition) is 3. The van der Waals surface area contributed by atoms with Gasteiger partial charge >= 0.3 is 0 Å². The van der Waals surface area contributed by atoms with E-state index >= 15 is 0 Å². The molecule has 16 heavy (non-hydrogen) atoms. The molecule has 1 aromatic rings. The molecule has 2 rings (SSSR count). The molecule has 1 aliphatic carbocycles. The Morgan fingerprint density at radius 1 is 1.31 bits per heavy atom. The summed E-state index contributed by atoms with van der Waals surface area (Å²) in [6.07, 6.45) is 10.9. The van der Waals surface area contributed by atoms with Crippen molar-refractivity contribution >= 4 is 0 Å². The zero-order valence-electron chi connectivity index (χ0n) is 9.68. The first kappa shape index (κ1) is 11.6. The lowest BCUT2D eigenvalue weighted by atomic mass is 9.93. The molecule has 1 heterocycles. The second kappa shape index (κ2) is 6.01. The van der Waals surface area contributed by atoms with Crippen LogP contribution in [0, 0.1) is 0 Å². The van der Waals surface area contributed by atoms with E-state index in [0.717, 1.165) is 45.2 Å². The third kappa shape index (κ3) is 3.61. The van der Waals surface area contributed by atoms with Gasteiger partial charge in [-0.2, -0.15) is 0 Å². The summed E-state index contributed by atoms with van der Waals surface area (Å²) >= 11 is 0. The van der Waals surface area contributed by atoms with Crippen LogP contribution in [0.2, 0.25) is 0 Å². The molecule has 4 nitrogen and oxygen atoms in total. The minimum Gasteiger partial charge on any atom is -0.393 e. The fourth-order valence-corrected chi connectivity index (χ4v) is 2.27. The van der Waals surface area contributed by atoms with Gasteiger partial charge in [0.05, 0.1) is 12.4 Å². The molecule has 90 valence electrons. The number of nitrogens with zero attached hydrogens (tertiary/aromatic N) is 2. The van der Waals surface area contributed by atoms with Crippen molar-refractivity contribution in [1.82, 2.24) is 14.9 Å². The summed E-state index contributed by atoms with van der Waals surface area (Å²) in [4.78, 5) is 4.01. The van der Waals surface area contributed by atoms with Crippen molar-refractivity contribution in [2.45, 2.75) is 50.8 Å². The number of imidazole rings is 1. The van der Waals surface area contributed by atoms with E-state index in [2.05, 4.69) is 14.9 Å². The highest BCUT2D eigenvalue weighted by atomic mass is 16.3. The minimum atomic E-state index is -0.0519. The predicted octanol–water partition coefficient (Wildman–Crippen LogP) is 1.17. The number of aromatic nitrogens is 2. The summed E-state index contributed by atoms with van der Waals surface area (Å²) < 4.78 is 2.10. The summed E-state index contributed by atoms with van der Waals surface area (Å²) in [6, 6.07) is 0.617. The molecule has 0 spiro atoms. The summed E-state index contributed by atoms with van der Waals surface area (Å²) in [5.74, 6) is 0. The number of nitrogens with one attached hydrogen (secondary N) is 1. The Balaban J connectivity index is 1.55. The van der Waals surface area contributed by atoms with E-state index in [4.69, 9.17) is 0 Å². The molecule has 2 N–H and O–H groups in total. The Morgan fingerprint density at radius 3 is 2.81 bits per heavy atom. The standard InChI is InChI=1S/C12H21N3O/c16-12-4-2-11(3-5-12)14-6-1-8-15-9-7-13-10-15/h7,9-12,14,16H,1-6,8H2. The van der Waals surface area contributed by atoms with Gasteiger partial charge in [-0.3, -0.25) is 0 Å². The molecule has 4 heteroatoms. The van der Waals surface area contributed by atoms with Crippen molar-refractivity contribution in [2.75, 3.05) is 6.54 Å². The van der Waals surface area contributed by atoms with Crippen LogP contribution in [0.15, 0.2) is 18.7 Å². The molecule has 0 amide bonds. The highest BCUT2D eigenvalue weighted by Gasteiger charge is 2.18. The van der Waals surface area contributed by atoms with E-state index in [1.54, 1.807) is 0 Å². The van der Waals surface area contributed by atoms with Gasteiger partial charge in [-0.05, 0) is 38.6 Å². The molecule has 0 unspecified atom stereocenters. The van der Waals surface area contributed by atoms with Crippen LogP contribution in [-0.4, -0.2) is 33.3 Å². The molecule has 0 aliphatic heterocycles. The summed E-state index contributed by atoms with van der Waals surface area (Å²) in [5, 5.41) is 12.9. The molecular weight excluding hydrogens is 202 g/mol. The van der Waals surface area contributed by atoms with Gasteiger partial charge in [-0.25, -0.2) is 4.98 Å². The lowest BCUT2D eigenvalue weighted by Gasteiger charge is -2.26. The zero-order valence-corrected chi connectivity index (χ0v) is 9.68. The first-order valence-corrected chi connectivity index (χ1v) is 6.22. The number of hydrogen-bond donors (Lipinski definition) is 2. The van der Waals surface area contributed by atoms with Gasteiger partial charge in [0.25, 0.3) is 0 Å². The monoisotopic (exact) mass is 223 g/mol. The van der Waals surface area contributed by atoms with Crippen molar-refractivity contribution in [1.29, 1.82) is 0 Å². The Morgan fingerprint density at radius 2 is 2.12 bits per heavy atom. The van der Waals surface area contributed by atoms with E-state index < -0.39 is 0 Å². The van der Waals surface area contributed by atoms with Crippen LogP contribution < -0.4 is 5.32 Å². The van der Waals surface area contributed by atoms with Crippen molar-refractivity contribution in [3.05, 3.63) is 18.7 Å². The van der Waals surface area contributed by atoms with Crippen LogP contribution in [0.3, 0.4) is 0 Å². The van der Waals surface area contributed by atoms with Crippen molar-refractivity contribution < 1.29 is 5.11 Å². The van der Waals surface area contributed by atoms with Crippen LogP contribution >= 0.6 is 0 Å². The van der Waals surface area contributed by atoms with Crippen LogP contribution in [0.4, 0.5) is 0 Å². The largest absolute Gasteiger partial charge is 0.393 e. The van der Waals surface area contributed by atoms with Crippen LogP contribution in [0.5, 0.6) is 0 Å². The van der Waals surface area contributed by atoms with Gasteiger partial charge in [0.2, 0.25) is 0 Å². The molecular formula is C12H21N3O. The van der Waals surface area contributed by atoms with Gasteiger partial charge in [-0.15, -0.1) is 0 Å². The number of aliphatic hydroxyl groups excluding tert-OH is 1. The van der Waals surface area contributed by atoms with Crippen LogP contribution in [0.1, 0.15) is 32.1 Å². The average Bonchev–Trinajstić information content (AvgIpc) is 2.80. The van der Waals surface area contributed by atoms with E-state index in [0.29, 0.717) is 6.04 Å². The van der Waals surface area contributed by atoms with Crippen LogP contribution in [0.25, 0.3) is 0 Å².